The van der Waals surface area contributed by atoms with Gasteiger partial charge in [0, 0.05) is 23.5 Å². The van der Waals surface area contributed by atoms with Gasteiger partial charge < -0.3 is 19.5 Å². The van der Waals surface area contributed by atoms with Crippen LogP contribution in [-0.4, -0.2) is 27.1 Å². The first-order chi connectivity index (χ1) is 15.1. The second-order valence-corrected chi connectivity index (χ2v) is 6.63. The Kier molecular flexibility index (Phi) is 7.49. The van der Waals surface area contributed by atoms with E-state index in [1.54, 1.807) is 39.7 Å². The molecule has 0 unspecified atom stereocenters. The van der Waals surface area contributed by atoms with Crippen molar-refractivity contribution in [2.45, 2.75) is 0 Å². The first-order valence-electron chi connectivity index (χ1n) is 9.75. The molecule has 31 heavy (non-hydrogen) atoms. The van der Waals surface area contributed by atoms with E-state index in [-0.39, 0.29) is 5.78 Å². The summed E-state index contributed by atoms with van der Waals surface area (Å²) in [5.74, 6) is 1.71. The molecule has 5 nitrogen and oxygen atoms in total. The van der Waals surface area contributed by atoms with E-state index in [2.05, 4.69) is 5.32 Å². The monoisotopic (exact) mass is 415 g/mol. The molecule has 0 aromatic heterocycles. The molecule has 0 spiro atoms. The van der Waals surface area contributed by atoms with Crippen LogP contribution in [0.25, 0.3) is 12.2 Å². The summed E-state index contributed by atoms with van der Waals surface area (Å²) in [6.45, 7) is 0. The SMILES string of the molecule is COc1cc(/C=C/c2cccc(N/C=C\C(=O)c3ccccc3)c2)cc(OC)c1OC. The number of rotatable bonds is 9. The van der Waals surface area contributed by atoms with Crippen LogP contribution in [-0.2, 0) is 0 Å². The van der Waals surface area contributed by atoms with Crippen molar-refractivity contribution in [3.63, 3.8) is 0 Å². The highest BCUT2D eigenvalue weighted by Gasteiger charge is 2.11. The molecule has 0 atom stereocenters. The summed E-state index contributed by atoms with van der Waals surface area (Å²) in [5, 5.41) is 3.14. The maximum atomic E-state index is 12.1. The predicted octanol–water partition coefficient (Wildman–Crippen LogP) is 5.69. The third-order valence-corrected chi connectivity index (χ3v) is 4.58. The molecule has 0 saturated carbocycles. The number of hydrogen-bond donors (Lipinski definition) is 1. The number of nitrogens with one attached hydrogen (secondary N) is 1. The lowest BCUT2D eigenvalue weighted by Gasteiger charge is -2.12. The summed E-state index contributed by atoms with van der Waals surface area (Å²) in [5.41, 5.74) is 3.45. The molecule has 0 aliphatic carbocycles. The average Bonchev–Trinajstić information content (AvgIpc) is 2.82. The largest absolute Gasteiger partial charge is 0.493 e. The zero-order chi connectivity index (χ0) is 22.1. The lowest BCUT2D eigenvalue weighted by atomic mass is 10.1. The summed E-state index contributed by atoms with van der Waals surface area (Å²) in [6.07, 6.45) is 7.13. The molecule has 3 aromatic rings. The topological polar surface area (TPSA) is 56.8 Å². The molecule has 0 aliphatic heterocycles. The lowest BCUT2D eigenvalue weighted by molar-refractivity contribution is 0.104. The minimum atomic E-state index is -0.0495. The number of methoxy groups -OCH3 is 3. The van der Waals surface area contributed by atoms with Crippen molar-refractivity contribution in [2.24, 2.45) is 0 Å². The van der Waals surface area contributed by atoms with Gasteiger partial charge in [-0.2, -0.15) is 0 Å². The normalized spacial score (nSPS) is 10.9. The fourth-order valence-electron chi connectivity index (χ4n) is 3.03. The number of ether oxygens (including phenoxy) is 3. The Morgan fingerprint density at radius 3 is 2.10 bits per heavy atom. The highest BCUT2D eigenvalue weighted by atomic mass is 16.5. The standard InChI is InChI=1S/C26H25NO4/c1-29-24-17-20(18-25(30-2)26(24)31-3)13-12-19-8-7-11-22(16-19)27-15-14-23(28)21-9-5-4-6-10-21/h4-18,27H,1-3H3/b13-12+,15-14-. The van der Waals surface area contributed by atoms with Crippen LogP contribution in [0.5, 0.6) is 17.2 Å². The molecule has 0 amide bonds. The van der Waals surface area contributed by atoms with Crippen molar-refractivity contribution in [2.75, 3.05) is 26.6 Å². The van der Waals surface area contributed by atoms with E-state index in [4.69, 9.17) is 14.2 Å². The van der Waals surface area contributed by atoms with Crippen LogP contribution in [0.15, 0.2) is 79.0 Å². The maximum absolute atomic E-state index is 12.1. The van der Waals surface area contributed by atoms with E-state index < -0.39 is 0 Å². The highest BCUT2D eigenvalue weighted by molar-refractivity contribution is 6.04. The van der Waals surface area contributed by atoms with Gasteiger partial charge in [-0.3, -0.25) is 4.79 Å². The van der Waals surface area contributed by atoms with E-state index >= 15 is 0 Å². The molecule has 5 heteroatoms. The summed E-state index contributed by atoms with van der Waals surface area (Å²) in [4.78, 5) is 12.1. The Morgan fingerprint density at radius 1 is 0.774 bits per heavy atom. The third kappa shape index (κ3) is 5.76. The van der Waals surface area contributed by atoms with Gasteiger partial charge in [0.25, 0.3) is 0 Å². The molecule has 3 aromatic carbocycles. The first kappa shape index (κ1) is 21.7. The number of ketones is 1. The van der Waals surface area contributed by atoms with Gasteiger partial charge in [0.2, 0.25) is 5.75 Å². The summed E-state index contributed by atoms with van der Waals surface area (Å²) in [6, 6.07) is 20.8. The second kappa shape index (κ2) is 10.7. The molecule has 0 fully saturated rings. The van der Waals surface area contributed by atoms with E-state index in [0.29, 0.717) is 22.8 Å². The first-order valence-corrected chi connectivity index (χ1v) is 9.75. The van der Waals surface area contributed by atoms with Crippen LogP contribution in [0.1, 0.15) is 21.5 Å². The zero-order valence-electron chi connectivity index (χ0n) is 17.8. The maximum Gasteiger partial charge on any atom is 0.203 e. The molecular weight excluding hydrogens is 390 g/mol. The minimum Gasteiger partial charge on any atom is -0.493 e. The molecule has 3 rings (SSSR count). The van der Waals surface area contributed by atoms with Crippen LogP contribution in [0, 0.1) is 0 Å². The van der Waals surface area contributed by atoms with Gasteiger partial charge in [-0.05, 0) is 35.4 Å². The fourth-order valence-corrected chi connectivity index (χ4v) is 3.03. The van der Waals surface area contributed by atoms with Crippen molar-refractivity contribution in [3.8, 4) is 17.2 Å². The lowest BCUT2D eigenvalue weighted by Crippen LogP contribution is -1.96. The quantitative estimate of drug-likeness (QED) is 0.276. The summed E-state index contributed by atoms with van der Waals surface area (Å²) in [7, 11) is 4.77. The van der Waals surface area contributed by atoms with E-state index in [0.717, 1.165) is 16.8 Å². The number of benzene rings is 3. The van der Waals surface area contributed by atoms with Crippen LogP contribution in [0.3, 0.4) is 0 Å². The Hall–Kier alpha value is -3.99. The van der Waals surface area contributed by atoms with Gasteiger partial charge in [-0.1, -0.05) is 54.6 Å². The molecule has 0 bridgehead atoms. The minimum absolute atomic E-state index is 0.0495. The fraction of sp³-hybridized carbons (Fsp3) is 0.115. The molecule has 1 N–H and O–H groups in total. The van der Waals surface area contributed by atoms with Crippen molar-refractivity contribution in [1.82, 2.24) is 0 Å². The average molecular weight is 415 g/mol. The number of hydrogen-bond acceptors (Lipinski definition) is 5. The molecular formula is C26H25NO4. The van der Waals surface area contributed by atoms with Crippen molar-refractivity contribution < 1.29 is 19.0 Å². The van der Waals surface area contributed by atoms with Gasteiger partial charge in [-0.15, -0.1) is 0 Å². The number of anilines is 1. The van der Waals surface area contributed by atoms with Crippen molar-refractivity contribution in [1.29, 1.82) is 0 Å². The van der Waals surface area contributed by atoms with E-state index in [1.807, 2.05) is 66.7 Å². The van der Waals surface area contributed by atoms with Crippen LogP contribution in [0.4, 0.5) is 5.69 Å². The number of carbonyl (C=O) groups is 1. The molecule has 0 aliphatic rings. The van der Waals surface area contributed by atoms with E-state index in [1.165, 1.54) is 6.08 Å². The molecule has 158 valence electrons. The molecule has 0 saturated heterocycles. The zero-order valence-corrected chi connectivity index (χ0v) is 17.8. The van der Waals surface area contributed by atoms with Gasteiger partial charge in [0.1, 0.15) is 0 Å². The Labute approximate surface area is 182 Å². The second-order valence-electron chi connectivity index (χ2n) is 6.63. The smallest absolute Gasteiger partial charge is 0.203 e. The molecule has 0 radical (unpaired) electrons. The van der Waals surface area contributed by atoms with E-state index in [9.17, 15) is 4.79 Å². The van der Waals surface area contributed by atoms with Crippen LogP contribution in [0.2, 0.25) is 0 Å². The van der Waals surface area contributed by atoms with Gasteiger partial charge in [0.15, 0.2) is 17.3 Å². The van der Waals surface area contributed by atoms with Crippen molar-refractivity contribution in [3.05, 3.63) is 95.7 Å². The third-order valence-electron chi connectivity index (χ3n) is 4.58. The highest BCUT2D eigenvalue weighted by Crippen LogP contribution is 2.38. The van der Waals surface area contributed by atoms with Crippen LogP contribution < -0.4 is 19.5 Å². The number of allylic oxidation sites excluding steroid dienone is 1. The number of carbonyl (C=O) groups excluding carboxylic acids is 1. The van der Waals surface area contributed by atoms with Gasteiger partial charge in [0.05, 0.1) is 21.3 Å². The Balaban J connectivity index is 1.71. The predicted molar refractivity (Wildman–Crippen MR) is 125 cm³/mol. The Bertz CT molecular complexity index is 1060. The molecule has 0 heterocycles. The van der Waals surface area contributed by atoms with Gasteiger partial charge >= 0.3 is 0 Å². The Morgan fingerprint density at radius 2 is 1.45 bits per heavy atom. The van der Waals surface area contributed by atoms with Crippen molar-refractivity contribution >= 4 is 23.6 Å². The summed E-state index contributed by atoms with van der Waals surface area (Å²) >= 11 is 0. The van der Waals surface area contributed by atoms with Crippen LogP contribution >= 0.6 is 0 Å². The summed E-state index contributed by atoms with van der Waals surface area (Å²) < 4.78 is 16.2. The van der Waals surface area contributed by atoms with Gasteiger partial charge in [-0.25, -0.2) is 0 Å².